The molecule has 1 saturated carbocycles. The number of aliphatic hydroxyl groups excluding tert-OH is 1. The largest absolute Gasteiger partial charge is 0.392 e. The highest BCUT2D eigenvalue weighted by atomic mass is 16.7. The fourth-order valence-corrected chi connectivity index (χ4v) is 6.89. The maximum absolute atomic E-state index is 12.4. The number of amides is 2. The lowest BCUT2D eigenvalue weighted by molar-refractivity contribution is -0.253. The Morgan fingerprint density at radius 1 is 0.857 bits per heavy atom. The number of hydrogen-bond donors (Lipinski definition) is 4. The Hall–Kier alpha value is -3.86. The van der Waals surface area contributed by atoms with Gasteiger partial charge in [0.05, 0.1) is 18.8 Å². The highest BCUT2D eigenvalue weighted by Gasteiger charge is 2.34. The molecule has 0 radical (unpaired) electrons. The average Bonchev–Trinajstić information content (AvgIpc) is 3.69. The molecule has 49 heavy (non-hydrogen) atoms. The predicted molar refractivity (Wildman–Crippen MR) is 189 cm³/mol. The van der Waals surface area contributed by atoms with Crippen LogP contribution in [0.15, 0.2) is 85.5 Å². The lowest BCUT2D eigenvalue weighted by atomic mass is 9.98. The SMILES string of the molecule is C=CCN(CC1CC(c2ccc(CO)cc2)OC(c2ccc(-c3cccc(CNC(=O)CCCCCC(=O)NO)c3)cc2)O1)C1CCCC1. The number of unbranched alkanes of at least 4 members (excludes halogenated alkanes) is 2. The van der Waals surface area contributed by atoms with Crippen LogP contribution in [0.2, 0.25) is 0 Å². The van der Waals surface area contributed by atoms with Crippen molar-refractivity contribution in [2.24, 2.45) is 0 Å². The number of aliphatic hydroxyl groups is 1. The van der Waals surface area contributed by atoms with Gasteiger partial charge in [0.15, 0.2) is 6.29 Å². The molecule has 0 aromatic heterocycles. The van der Waals surface area contributed by atoms with Gasteiger partial charge in [-0.1, -0.05) is 92.1 Å². The Bertz CT molecular complexity index is 1490. The first-order valence-electron chi connectivity index (χ1n) is 17.7. The fourth-order valence-electron chi connectivity index (χ4n) is 6.89. The summed E-state index contributed by atoms with van der Waals surface area (Å²) < 4.78 is 13.3. The summed E-state index contributed by atoms with van der Waals surface area (Å²) in [7, 11) is 0. The highest BCUT2D eigenvalue weighted by molar-refractivity contribution is 5.76. The molecule has 9 nitrogen and oxygen atoms in total. The third kappa shape index (κ3) is 10.8. The van der Waals surface area contributed by atoms with Crippen LogP contribution in [0, 0.1) is 0 Å². The monoisotopic (exact) mass is 669 g/mol. The minimum absolute atomic E-state index is 0.0124. The maximum atomic E-state index is 12.4. The minimum atomic E-state index is -0.516. The number of ether oxygens (including phenoxy) is 2. The summed E-state index contributed by atoms with van der Waals surface area (Å²) in [4.78, 5) is 26.0. The Labute approximate surface area is 290 Å². The van der Waals surface area contributed by atoms with E-state index in [-0.39, 0.29) is 31.1 Å². The van der Waals surface area contributed by atoms with Gasteiger partial charge in [-0.2, -0.15) is 0 Å². The summed E-state index contributed by atoms with van der Waals surface area (Å²) in [6.45, 7) is 6.14. The Morgan fingerprint density at radius 3 is 2.27 bits per heavy atom. The number of nitrogens with one attached hydrogen (secondary N) is 2. The number of carbonyl (C=O) groups is 2. The molecule has 262 valence electrons. The molecule has 3 atom stereocenters. The van der Waals surface area contributed by atoms with Crippen molar-refractivity contribution in [1.29, 1.82) is 0 Å². The Kier molecular flexibility index (Phi) is 14.0. The van der Waals surface area contributed by atoms with Gasteiger partial charge < -0.3 is 19.9 Å². The highest BCUT2D eigenvalue weighted by Crippen LogP contribution is 2.39. The molecule has 2 fully saturated rings. The quantitative estimate of drug-likeness (QED) is 0.0535. The number of nitrogens with zero attached hydrogens (tertiary/aromatic N) is 1. The van der Waals surface area contributed by atoms with Crippen molar-refractivity contribution >= 4 is 11.8 Å². The first kappa shape index (κ1) is 36.4. The molecule has 1 aliphatic carbocycles. The molecule has 3 unspecified atom stereocenters. The number of benzene rings is 3. The second-order valence-corrected chi connectivity index (χ2v) is 13.2. The average molecular weight is 670 g/mol. The van der Waals surface area contributed by atoms with Crippen LogP contribution < -0.4 is 10.8 Å². The van der Waals surface area contributed by atoms with Crippen molar-refractivity contribution in [3.8, 4) is 11.1 Å². The number of hydrogen-bond acceptors (Lipinski definition) is 7. The van der Waals surface area contributed by atoms with E-state index in [4.69, 9.17) is 14.7 Å². The van der Waals surface area contributed by atoms with Gasteiger partial charge in [0.1, 0.15) is 0 Å². The van der Waals surface area contributed by atoms with E-state index in [2.05, 4.69) is 65.3 Å². The molecule has 1 heterocycles. The summed E-state index contributed by atoms with van der Waals surface area (Å²) >= 11 is 0. The van der Waals surface area contributed by atoms with E-state index in [9.17, 15) is 14.7 Å². The normalized spacial score (nSPS) is 19.5. The van der Waals surface area contributed by atoms with Crippen LogP contribution >= 0.6 is 0 Å². The van der Waals surface area contributed by atoms with Crippen molar-refractivity contribution < 1.29 is 29.4 Å². The maximum Gasteiger partial charge on any atom is 0.243 e. The molecule has 0 bridgehead atoms. The summed E-state index contributed by atoms with van der Waals surface area (Å²) in [6, 6.07) is 25.1. The third-order valence-corrected chi connectivity index (χ3v) is 9.62. The van der Waals surface area contributed by atoms with E-state index < -0.39 is 12.2 Å². The zero-order chi connectivity index (χ0) is 34.4. The molecule has 1 saturated heterocycles. The molecule has 9 heteroatoms. The van der Waals surface area contributed by atoms with Crippen molar-refractivity contribution in [3.05, 3.63) is 108 Å². The van der Waals surface area contributed by atoms with Crippen LogP contribution in [0.4, 0.5) is 0 Å². The van der Waals surface area contributed by atoms with Gasteiger partial charge in [-0.15, -0.1) is 6.58 Å². The first-order valence-corrected chi connectivity index (χ1v) is 17.7. The summed E-state index contributed by atoms with van der Waals surface area (Å²) in [6.07, 6.45) is 9.79. The fraction of sp³-hybridized carbons (Fsp3) is 0.450. The van der Waals surface area contributed by atoms with Gasteiger partial charge in [-0.25, -0.2) is 5.48 Å². The molecule has 2 aliphatic rings. The topological polar surface area (TPSA) is 120 Å². The Balaban J connectivity index is 1.22. The molecule has 3 aromatic carbocycles. The van der Waals surface area contributed by atoms with E-state index >= 15 is 0 Å². The van der Waals surface area contributed by atoms with Crippen molar-refractivity contribution in [1.82, 2.24) is 15.7 Å². The van der Waals surface area contributed by atoms with Crippen LogP contribution in [0.3, 0.4) is 0 Å². The lowest BCUT2D eigenvalue weighted by Gasteiger charge is -2.39. The Morgan fingerprint density at radius 2 is 1.57 bits per heavy atom. The minimum Gasteiger partial charge on any atom is -0.392 e. The molecule has 2 amide bonds. The summed E-state index contributed by atoms with van der Waals surface area (Å²) in [5.41, 5.74) is 7.68. The number of rotatable bonds is 17. The standard InChI is InChI=1S/C40H51N3O6/c1-2-23-43(35-11-6-7-12-35)27-36-25-37(32-17-15-29(28-44)16-18-32)49-40(48-36)33-21-19-31(20-22-33)34-10-8-9-30(24-34)26-41-38(45)13-4-3-5-14-39(46)42-47/h2,8-10,15-22,24,35-37,40,44,47H,1,3-7,11-14,23,25-28H2,(H,41,45)(H,42,46). The van der Waals surface area contributed by atoms with Crippen LogP contribution in [0.1, 0.15) is 98.9 Å². The van der Waals surface area contributed by atoms with Gasteiger partial charge >= 0.3 is 0 Å². The lowest BCUT2D eigenvalue weighted by Crippen LogP contribution is -2.43. The molecular weight excluding hydrogens is 618 g/mol. The van der Waals surface area contributed by atoms with E-state index in [1.807, 2.05) is 30.3 Å². The third-order valence-electron chi connectivity index (χ3n) is 9.62. The summed E-state index contributed by atoms with van der Waals surface area (Å²) in [5.74, 6) is -0.426. The smallest absolute Gasteiger partial charge is 0.243 e. The zero-order valence-electron chi connectivity index (χ0n) is 28.4. The van der Waals surface area contributed by atoms with Crippen molar-refractivity contribution in [3.63, 3.8) is 0 Å². The molecule has 1 aliphatic heterocycles. The van der Waals surface area contributed by atoms with E-state index in [0.717, 1.165) is 59.3 Å². The molecule has 4 N–H and O–H groups in total. The molecule has 0 spiro atoms. The van der Waals surface area contributed by atoms with Crippen LogP contribution in [0.25, 0.3) is 11.1 Å². The number of carbonyl (C=O) groups excluding carboxylic acids is 2. The molecular formula is C40H51N3O6. The predicted octanol–water partition coefficient (Wildman–Crippen LogP) is 6.89. The van der Waals surface area contributed by atoms with E-state index in [1.165, 1.54) is 25.7 Å². The zero-order valence-corrected chi connectivity index (χ0v) is 28.4. The molecule has 5 rings (SSSR count). The van der Waals surface area contributed by atoms with Crippen molar-refractivity contribution in [2.75, 3.05) is 13.1 Å². The second kappa shape index (κ2) is 18.8. The van der Waals surface area contributed by atoms with Gasteiger partial charge in [-0.05, 0) is 59.6 Å². The van der Waals surface area contributed by atoms with E-state index in [0.29, 0.717) is 31.8 Å². The van der Waals surface area contributed by atoms with Gasteiger partial charge in [0.25, 0.3) is 0 Å². The van der Waals surface area contributed by atoms with Crippen LogP contribution in [0.5, 0.6) is 0 Å². The van der Waals surface area contributed by atoms with Crippen LogP contribution in [-0.2, 0) is 32.2 Å². The number of hydroxylamine groups is 1. The first-order chi connectivity index (χ1) is 23.9. The van der Waals surface area contributed by atoms with Gasteiger partial charge in [0.2, 0.25) is 11.8 Å². The van der Waals surface area contributed by atoms with Crippen LogP contribution in [-0.4, -0.2) is 52.3 Å². The molecule has 3 aromatic rings. The van der Waals surface area contributed by atoms with Crippen molar-refractivity contribution in [2.45, 2.75) is 102 Å². The van der Waals surface area contributed by atoms with E-state index in [1.54, 1.807) is 5.48 Å². The summed E-state index contributed by atoms with van der Waals surface area (Å²) in [5, 5.41) is 21.1. The van der Waals surface area contributed by atoms with Gasteiger partial charge in [-0.3, -0.25) is 19.7 Å². The van der Waals surface area contributed by atoms with Gasteiger partial charge in [0, 0.05) is 50.5 Å². The second-order valence-electron chi connectivity index (χ2n) is 13.2.